The zero-order valence-electron chi connectivity index (χ0n) is 16.2. The lowest BCUT2D eigenvalue weighted by atomic mass is 10.2. The Bertz CT molecular complexity index is 771. The van der Waals surface area contributed by atoms with Crippen LogP contribution >= 0.6 is 15.9 Å². The Morgan fingerprint density at radius 3 is 2.74 bits per heavy atom. The Morgan fingerprint density at radius 2 is 2.07 bits per heavy atom. The van der Waals surface area contributed by atoms with Crippen LogP contribution in [0.25, 0.3) is 0 Å². The second kappa shape index (κ2) is 10.8. The Morgan fingerprint density at radius 1 is 1.26 bits per heavy atom. The SMILES string of the molecule is CCNC(=NCCCNC(=O)c1cccc(Br)c1)N(C)Cc1cccn1C. The van der Waals surface area contributed by atoms with Crippen LogP contribution in [0.2, 0.25) is 0 Å². The molecule has 0 saturated heterocycles. The molecule has 0 aliphatic heterocycles. The minimum atomic E-state index is -0.0620. The Labute approximate surface area is 169 Å². The van der Waals surface area contributed by atoms with E-state index < -0.39 is 0 Å². The number of aromatic nitrogens is 1. The summed E-state index contributed by atoms with van der Waals surface area (Å²) in [7, 11) is 4.07. The van der Waals surface area contributed by atoms with E-state index >= 15 is 0 Å². The van der Waals surface area contributed by atoms with Crippen molar-refractivity contribution in [3.63, 3.8) is 0 Å². The van der Waals surface area contributed by atoms with Crippen LogP contribution in [-0.2, 0) is 13.6 Å². The molecule has 0 atom stereocenters. The molecular formula is C20H28BrN5O. The fourth-order valence-corrected chi connectivity index (χ4v) is 3.05. The lowest BCUT2D eigenvalue weighted by Gasteiger charge is -2.22. The summed E-state index contributed by atoms with van der Waals surface area (Å²) in [6, 6.07) is 11.5. The van der Waals surface area contributed by atoms with Crippen LogP contribution in [0.4, 0.5) is 0 Å². The van der Waals surface area contributed by atoms with Crippen molar-refractivity contribution in [2.75, 3.05) is 26.7 Å². The first-order valence-electron chi connectivity index (χ1n) is 9.14. The highest BCUT2D eigenvalue weighted by Gasteiger charge is 2.08. The maximum atomic E-state index is 12.1. The number of aliphatic imine (C=N–C) groups is 1. The van der Waals surface area contributed by atoms with Gasteiger partial charge in [-0.05, 0) is 43.7 Å². The number of nitrogens with zero attached hydrogens (tertiary/aromatic N) is 3. The molecule has 0 aliphatic rings. The second-order valence-electron chi connectivity index (χ2n) is 6.32. The number of aryl methyl sites for hydroxylation is 1. The summed E-state index contributed by atoms with van der Waals surface area (Å²) in [6.45, 7) is 4.91. The topological polar surface area (TPSA) is 61.7 Å². The molecule has 1 heterocycles. The highest BCUT2D eigenvalue weighted by atomic mass is 79.9. The van der Waals surface area contributed by atoms with E-state index in [9.17, 15) is 4.79 Å². The van der Waals surface area contributed by atoms with Gasteiger partial charge in [0.25, 0.3) is 5.91 Å². The smallest absolute Gasteiger partial charge is 0.251 e. The van der Waals surface area contributed by atoms with Crippen molar-refractivity contribution in [2.24, 2.45) is 12.0 Å². The normalized spacial score (nSPS) is 11.3. The van der Waals surface area contributed by atoms with Gasteiger partial charge in [-0.25, -0.2) is 0 Å². The molecule has 1 aromatic heterocycles. The molecular weight excluding hydrogens is 406 g/mol. The summed E-state index contributed by atoms with van der Waals surface area (Å²) in [4.78, 5) is 18.9. The highest BCUT2D eigenvalue weighted by molar-refractivity contribution is 9.10. The van der Waals surface area contributed by atoms with Crippen LogP contribution in [0.3, 0.4) is 0 Å². The summed E-state index contributed by atoms with van der Waals surface area (Å²) < 4.78 is 3.01. The van der Waals surface area contributed by atoms with Crippen LogP contribution in [0, 0.1) is 0 Å². The fraction of sp³-hybridized carbons (Fsp3) is 0.400. The van der Waals surface area contributed by atoms with Gasteiger partial charge in [0, 0.05) is 55.7 Å². The van der Waals surface area contributed by atoms with Crippen molar-refractivity contribution in [3.05, 3.63) is 58.3 Å². The zero-order valence-corrected chi connectivity index (χ0v) is 17.8. The summed E-state index contributed by atoms with van der Waals surface area (Å²) in [5.41, 5.74) is 1.88. The summed E-state index contributed by atoms with van der Waals surface area (Å²) >= 11 is 3.38. The van der Waals surface area contributed by atoms with Crippen molar-refractivity contribution in [1.82, 2.24) is 20.1 Å². The molecule has 0 aliphatic carbocycles. The van der Waals surface area contributed by atoms with Gasteiger partial charge in [0.15, 0.2) is 5.96 Å². The number of rotatable bonds is 8. The maximum absolute atomic E-state index is 12.1. The highest BCUT2D eigenvalue weighted by Crippen LogP contribution is 2.11. The zero-order chi connectivity index (χ0) is 19.6. The van der Waals surface area contributed by atoms with Crippen LogP contribution in [0.5, 0.6) is 0 Å². The van der Waals surface area contributed by atoms with Crippen LogP contribution in [-0.4, -0.2) is 48.0 Å². The minimum Gasteiger partial charge on any atom is -0.357 e. The average Bonchev–Trinajstić information content (AvgIpc) is 3.05. The minimum absolute atomic E-state index is 0.0620. The molecule has 146 valence electrons. The molecule has 7 heteroatoms. The molecule has 0 radical (unpaired) electrons. The fourth-order valence-electron chi connectivity index (χ4n) is 2.65. The van der Waals surface area contributed by atoms with E-state index in [-0.39, 0.29) is 5.91 Å². The number of carbonyl (C=O) groups is 1. The van der Waals surface area contributed by atoms with Gasteiger partial charge in [0.2, 0.25) is 0 Å². The Balaban J connectivity index is 1.80. The van der Waals surface area contributed by atoms with Crippen LogP contribution in [0.1, 0.15) is 29.4 Å². The number of amides is 1. The van der Waals surface area contributed by atoms with E-state index in [0.29, 0.717) is 18.7 Å². The summed E-state index contributed by atoms with van der Waals surface area (Å²) in [6.07, 6.45) is 2.83. The molecule has 1 aromatic carbocycles. The molecule has 1 amide bonds. The number of carbonyl (C=O) groups excluding carboxylic acids is 1. The van der Waals surface area contributed by atoms with Gasteiger partial charge in [-0.1, -0.05) is 22.0 Å². The van der Waals surface area contributed by atoms with Gasteiger partial charge in [-0.3, -0.25) is 9.79 Å². The first-order chi connectivity index (χ1) is 13.0. The monoisotopic (exact) mass is 433 g/mol. The number of benzene rings is 1. The average molecular weight is 434 g/mol. The first-order valence-corrected chi connectivity index (χ1v) is 9.94. The second-order valence-corrected chi connectivity index (χ2v) is 7.24. The summed E-state index contributed by atoms with van der Waals surface area (Å²) in [5, 5.41) is 6.26. The largest absolute Gasteiger partial charge is 0.357 e. The third-order valence-electron chi connectivity index (χ3n) is 4.12. The van der Waals surface area contributed by atoms with Crippen LogP contribution < -0.4 is 10.6 Å². The third-order valence-corrected chi connectivity index (χ3v) is 4.61. The predicted octanol–water partition coefficient (Wildman–Crippen LogP) is 3.01. The number of hydrogen-bond acceptors (Lipinski definition) is 2. The molecule has 0 fully saturated rings. The molecule has 0 saturated carbocycles. The quantitative estimate of drug-likeness (QED) is 0.382. The van der Waals surface area contributed by atoms with E-state index in [2.05, 4.69) is 54.0 Å². The van der Waals surface area contributed by atoms with E-state index in [4.69, 9.17) is 0 Å². The third kappa shape index (κ3) is 6.75. The van der Waals surface area contributed by atoms with Gasteiger partial charge in [-0.15, -0.1) is 0 Å². The van der Waals surface area contributed by atoms with E-state index in [1.165, 1.54) is 5.69 Å². The van der Waals surface area contributed by atoms with Crippen molar-refractivity contribution < 1.29 is 4.79 Å². The molecule has 2 aromatic rings. The van der Waals surface area contributed by atoms with E-state index in [1.54, 1.807) is 6.07 Å². The van der Waals surface area contributed by atoms with Gasteiger partial charge in [-0.2, -0.15) is 0 Å². The molecule has 2 rings (SSSR count). The molecule has 0 bridgehead atoms. The van der Waals surface area contributed by atoms with Crippen molar-refractivity contribution in [3.8, 4) is 0 Å². The van der Waals surface area contributed by atoms with Gasteiger partial charge < -0.3 is 20.1 Å². The van der Waals surface area contributed by atoms with Crippen molar-refractivity contribution in [2.45, 2.75) is 19.9 Å². The van der Waals surface area contributed by atoms with Gasteiger partial charge in [0.05, 0.1) is 6.54 Å². The molecule has 6 nitrogen and oxygen atoms in total. The standard InChI is InChI=1S/C20H28BrN5O/c1-4-22-20(26(3)15-18-10-6-13-25(18)2)24-12-7-11-23-19(27)16-8-5-9-17(21)14-16/h5-6,8-10,13-14H,4,7,11-12,15H2,1-3H3,(H,22,24)(H,23,27). The molecule has 2 N–H and O–H groups in total. The Kier molecular flexibility index (Phi) is 8.39. The van der Waals surface area contributed by atoms with Crippen molar-refractivity contribution in [1.29, 1.82) is 0 Å². The number of nitrogens with one attached hydrogen (secondary N) is 2. The number of hydrogen-bond donors (Lipinski definition) is 2. The Hall–Kier alpha value is -2.28. The van der Waals surface area contributed by atoms with E-state index in [0.717, 1.165) is 29.9 Å². The summed E-state index contributed by atoms with van der Waals surface area (Å²) in [5.74, 6) is 0.810. The molecule has 27 heavy (non-hydrogen) atoms. The number of guanidine groups is 1. The number of halogens is 1. The lowest BCUT2D eigenvalue weighted by Crippen LogP contribution is -2.39. The first kappa shape index (κ1) is 21.0. The molecule has 0 spiro atoms. The van der Waals surface area contributed by atoms with E-state index in [1.807, 2.05) is 44.6 Å². The maximum Gasteiger partial charge on any atom is 0.251 e. The predicted molar refractivity (Wildman–Crippen MR) is 114 cm³/mol. The van der Waals surface area contributed by atoms with Gasteiger partial charge >= 0.3 is 0 Å². The van der Waals surface area contributed by atoms with Crippen molar-refractivity contribution >= 4 is 27.8 Å². The lowest BCUT2D eigenvalue weighted by molar-refractivity contribution is 0.0953. The van der Waals surface area contributed by atoms with Gasteiger partial charge in [0.1, 0.15) is 0 Å². The molecule has 0 unspecified atom stereocenters. The van der Waals surface area contributed by atoms with Crippen LogP contribution in [0.15, 0.2) is 52.1 Å².